The standard InChI is InChI=1S/C24H20N6O2S/c1-16-6-8-17(9-7-16)18-14-33-23-22(18)24(32)29(15-25-23)12-10-21(31)27-19-4-2-3-5-20(19)30-13-11-26-28-30/h2-9,11,13-15H,10,12H2,1H3,(H,27,31). The van der Waals surface area contributed by atoms with Gasteiger partial charge in [-0.3, -0.25) is 14.2 Å². The molecule has 0 aliphatic rings. The summed E-state index contributed by atoms with van der Waals surface area (Å²) in [7, 11) is 0. The van der Waals surface area contributed by atoms with Crippen LogP contribution in [0.15, 0.2) is 77.4 Å². The number of benzene rings is 2. The number of hydrogen-bond acceptors (Lipinski definition) is 6. The van der Waals surface area contributed by atoms with Crippen LogP contribution in [0.2, 0.25) is 0 Å². The Morgan fingerprint density at radius 2 is 1.94 bits per heavy atom. The molecule has 0 aliphatic carbocycles. The monoisotopic (exact) mass is 456 g/mol. The Hall–Kier alpha value is -4.11. The number of amides is 1. The predicted octanol–water partition coefficient (Wildman–Crippen LogP) is 4.04. The molecule has 0 bridgehead atoms. The maximum atomic E-state index is 13.2. The molecular weight excluding hydrogens is 436 g/mol. The van der Waals surface area contributed by atoms with E-state index in [2.05, 4.69) is 20.6 Å². The van der Waals surface area contributed by atoms with Crippen molar-refractivity contribution in [1.29, 1.82) is 0 Å². The van der Waals surface area contributed by atoms with Crippen LogP contribution in [0.25, 0.3) is 27.0 Å². The maximum Gasteiger partial charge on any atom is 0.262 e. The number of aromatic nitrogens is 5. The lowest BCUT2D eigenvalue weighted by Crippen LogP contribution is -2.23. The SMILES string of the molecule is Cc1ccc(-c2csc3ncn(CCC(=O)Nc4ccccc4-n4ccnn4)c(=O)c23)cc1. The maximum absolute atomic E-state index is 13.2. The van der Waals surface area contributed by atoms with E-state index in [4.69, 9.17) is 0 Å². The first-order valence-electron chi connectivity index (χ1n) is 10.4. The van der Waals surface area contributed by atoms with Crippen molar-refractivity contribution in [3.8, 4) is 16.8 Å². The van der Waals surface area contributed by atoms with E-state index < -0.39 is 0 Å². The molecule has 0 radical (unpaired) electrons. The summed E-state index contributed by atoms with van der Waals surface area (Å²) in [4.78, 5) is 31.0. The summed E-state index contributed by atoms with van der Waals surface area (Å²) in [5, 5.41) is 13.2. The third kappa shape index (κ3) is 4.18. The van der Waals surface area contributed by atoms with Gasteiger partial charge in [-0.25, -0.2) is 9.67 Å². The van der Waals surface area contributed by atoms with Gasteiger partial charge in [0.2, 0.25) is 5.91 Å². The van der Waals surface area contributed by atoms with E-state index in [1.165, 1.54) is 22.2 Å². The van der Waals surface area contributed by atoms with Gasteiger partial charge in [0.1, 0.15) is 4.83 Å². The highest BCUT2D eigenvalue weighted by Crippen LogP contribution is 2.30. The summed E-state index contributed by atoms with van der Waals surface area (Å²) >= 11 is 1.45. The zero-order valence-electron chi connectivity index (χ0n) is 17.8. The van der Waals surface area contributed by atoms with E-state index in [0.29, 0.717) is 21.6 Å². The molecule has 0 saturated carbocycles. The van der Waals surface area contributed by atoms with E-state index in [9.17, 15) is 9.59 Å². The molecule has 1 amide bonds. The quantitative estimate of drug-likeness (QED) is 0.416. The first kappa shape index (κ1) is 20.8. The Labute approximate surface area is 193 Å². The van der Waals surface area contributed by atoms with Gasteiger partial charge >= 0.3 is 0 Å². The Balaban J connectivity index is 1.36. The lowest BCUT2D eigenvalue weighted by molar-refractivity contribution is -0.116. The van der Waals surface area contributed by atoms with Crippen LogP contribution >= 0.6 is 11.3 Å². The zero-order valence-corrected chi connectivity index (χ0v) is 18.6. The fourth-order valence-electron chi connectivity index (χ4n) is 3.62. The Kier molecular flexibility index (Phi) is 5.54. The number of carbonyl (C=O) groups is 1. The van der Waals surface area contributed by atoms with Crippen LogP contribution < -0.4 is 10.9 Å². The highest BCUT2D eigenvalue weighted by Gasteiger charge is 2.14. The molecule has 2 aromatic carbocycles. The van der Waals surface area contributed by atoms with Crippen LogP contribution in [0, 0.1) is 6.92 Å². The van der Waals surface area contributed by atoms with Crippen LogP contribution in [-0.4, -0.2) is 30.5 Å². The number of para-hydroxylation sites is 2. The number of fused-ring (bicyclic) bond motifs is 1. The van der Waals surface area contributed by atoms with E-state index in [1.807, 2.05) is 54.8 Å². The number of nitrogens with zero attached hydrogens (tertiary/aromatic N) is 5. The third-order valence-corrected chi connectivity index (χ3v) is 6.24. The van der Waals surface area contributed by atoms with Gasteiger partial charge in [0.05, 0.1) is 35.5 Å². The van der Waals surface area contributed by atoms with Crippen LogP contribution in [-0.2, 0) is 11.3 Å². The largest absolute Gasteiger partial charge is 0.324 e. The number of rotatable bonds is 6. The Morgan fingerprint density at radius 1 is 1.12 bits per heavy atom. The molecule has 164 valence electrons. The average Bonchev–Trinajstić information content (AvgIpc) is 3.50. The molecule has 9 heteroatoms. The van der Waals surface area contributed by atoms with Crippen molar-refractivity contribution in [2.75, 3.05) is 5.32 Å². The second-order valence-corrected chi connectivity index (χ2v) is 8.46. The van der Waals surface area contributed by atoms with E-state index in [0.717, 1.165) is 16.7 Å². The van der Waals surface area contributed by atoms with Crippen molar-refractivity contribution in [2.24, 2.45) is 0 Å². The molecule has 0 spiro atoms. The van der Waals surface area contributed by atoms with Crippen molar-refractivity contribution >= 4 is 33.1 Å². The molecule has 3 heterocycles. The number of thiophene rings is 1. The van der Waals surface area contributed by atoms with Crippen molar-refractivity contribution in [3.05, 3.63) is 88.5 Å². The number of aryl methyl sites for hydroxylation is 2. The molecule has 1 N–H and O–H groups in total. The van der Waals surface area contributed by atoms with Crippen molar-refractivity contribution in [1.82, 2.24) is 24.5 Å². The summed E-state index contributed by atoms with van der Waals surface area (Å²) in [6, 6.07) is 15.4. The molecule has 0 saturated heterocycles. The van der Waals surface area contributed by atoms with E-state index in [1.54, 1.807) is 23.1 Å². The lowest BCUT2D eigenvalue weighted by Gasteiger charge is -2.11. The minimum absolute atomic E-state index is 0.128. The Bertz CT molecular complexity index is 1490. The van der Waals surface area contributed by atoms with Gasteiger partial charge < -0.3 is 5.32 Å². The van der Waals surface area contributed by atoms with Crippen LogP contribution in [0.4, 0.5) is 5.69 Å². The first-order chi connectivity index (χ1) is 16.1. The van der Waals surface area contributed by atoms with Crippen LogP contribution in [0.1, 0.15) is 12.0 Å². The summed E-state index contributed by atoms with van der Waals surface area (Å²) in [5.74, 6) is -0.210. The minimum Gasteiger partial charge on any atom is -0.324 e. The molecule has 5 aromatic rings. The van der Waals surface area contributed by atoms with E-state index >= 15 is 0 Å². The van der Waals surface area contributed by atoms with Gasteiger partial charge in [0.15, 0.2) is 0 Å². The predicted molar refractivity (Wildman–Crippen MR) is 129 cm³/mol. The van der Waals surface area contributed by atoms with Gasteiger partial charge in [0, 0.05) is 23.9 Å². The molecule has 33 heavy (non-hydrogen) atoms. The fraction of sp³-hybridized carbons (Fsp3) is 0.125. The molecule has 3 aromatic heterocycles. The van der Waals surface area contributed by atoms with Gasteiger partial charge in [0.25, 0.3) is 5.56 Å². The summed E-state index contributed by atoms with van der Waals surface area (Å²) in [5.41, 5.74) is 4.19. The summed E-state index contributed by atoms with van der Waals surface area (Å²) < 4.78 is 3.08. The van der Waals surface area contributed by atoms with Crippen molar-refractivity contribution in [2.45, 2.75) is 19.9 Å². The average molecular weight is 457 g/mol. The molecule has 5 rings (SSSR count). The van der Waals surface area contributed by atoms with Gasteiger partial charge in [-0.1, -0.05) is 47.2 Å². The Morgan fingerprint density at radius 3 is 2.73 bits per heavy atom. The van der Waals surface area contributed by atoms with Gasteiger partial charge in [-0.2, -0.15) is 0 Å². The summed E-state index contributed by atoms with van der Waals surface area (Å²) in [6.45, 7) is 2.25. The highest BCUT2D eigenvalue weighted by molar-refractivity contribution is 7.17. The van der Waals surface area contributed by atoms with Crippen LogP contribution in [0.5, 0.6) is 0 Å². The summed E-state index contributed by atoms with van der Waals surface area (Å²) in [6.07, 6.45) is 4.92. The zero-order chi connectivity index (χ0) is 22.8. The third-order valence-electron chi connectivity index (χ3n) is 5.35. The topological polar surface area (TPSA) is 94.7 Å². The molecule has 0 fully saturated rings. The van der Waals surface area contributed by atoms with Crippen molar-refractivity contribution in [3.63, 3.8) is 0 Å². The number of hydrogen-bond donors (Lipinski definition) is 1. The molecule has 0 atom stereocenters. The van der Waals surface area contributed by atoms with Crippen molar-refractivity contribution < 1.29 is 4.79 Å². The molecule has 0 unspecified atom stereocenters. The van der Waals surface area contributed by atoms with Gasteiger partial charge in [-0.05, 0) is 24.6 Å². The van der Waals surface area contributed by atoms with E-state index in [-0.39, 0.29) is 24.4 Å². The first-order valence-corrected chi connectivity index (χ1v) is 11.3. The second-order valence-electron chi connectivity index (χ2n) is 7.60. The number of nitrogens with one attached hydrogen (secondary N) is 1. The highest BCUT2D eigenvalue weighted by atomic mass is 32.1. The number of anilines is 1. The molecule has 8 nitrogen and oxygen atoms in total. The second kappa shape index (κ2) is 8.79. The molecule has 0 aliphatic heterocycles. The minimum atomic E-state index is -0.210. The van der Waals surface area contributed by atoms with Gasteiger partial charge in [-0.15, -0.1) is 16.4 Å². The normalized spacial score (nSPS) is 11.1. The lowest BCUT2D eigenvalue weighted by atomic mass is 10.1. The molecular formula is C24H20N6O2S. The number of carbonyl (C=O) groups excluding carboxylic acids is 1. The smallest absolute Gasteiger partial charge is 0.262 e. The fourth-order valence-corrected chi connectivity index (χ4v) is 4.53. The van der Waals surface area contributed by atoms with Crippen LogP contribution in [0.3, 0.4) is 0 Å².